The summed E-state index contributed by atoms with van der Waals surface area (Å²) in [5, 5.41) is 0. The minimum Gasteiger partial charge on any atom is -0.320 e. The van der Waals surface area contributed by atoms with Gasteiger partial charge in [0.15, 0.2) is 0 Å². The lowest BCUT2D eigenvalue weighted by atomic mass is 10.2. The second-order valence-electron chi connectivity index (χ2n) is 5.11. The zero-order chi connectivity index (χ0) is 15.4. The molecule has 1 amide bonds. The summed E-state index contributed by atoms with van der Waals surface area (Å²) in [5.74, 6) is -0.232. The molecule has 0 aliphatic heterocycles. The van der Waals surface area contributed by atoms with Crippen molar-refractivity contribution >= 4 is 5.91 Å². The van der Waals surface area contributed by atoms with E-state index in [9.17, 15) is 4.79 Å². The van der Waals surface area contributed by atoms with Gasteiger partial charge in [-0.15, -0.1) is 0 Å². The third kappa shape index (κ3) is 3.06. The molecule has 110 valence electrons. The number of nitrogens with zero attached hydrogens (tertiary/aromatic N) is 3. The lowest BCUT2D eigenvalue weighted by Crippen LogP contribution is -2.26. The summed E-state index contributed by atoms with van der Waals surface area (Å²) in [6, 6.07) is 19.2. The molecule has 0 aliphatic carbocycles. The van der Waals surface area contributed by atoms with Gasteiger partial charge in [0.1, 0.15) is 0 Å². The highest BCUT2D eigenvalue weighted by molar-refractivity contribution is 5.94. The maximum atomic E-state index is 12.3. The number of hydrogen-bond donors (Lipinski definition) is 0. The van der Waals surface area contributed by atoms with Crippen molar-refractivity contribution in [2.45, 2.75) is 6.54 Å². The van der Waals surface area contributed by atoms with Crippen molar-refractivity contribution in [1.29, 1.82) is 0 Å². The number of imidazole rings is 1. The van der Waals surface area contributed by atoms with E-state index in [-0.39, 0.29) is 5.91 Å². The summed E-state index contributed by atoms with van der Waals surface area (Å²) in [6.45, 7) is 0.683. The average Bonchev–Trinajstić information content (AvgIpc) is 2.90. The quantitative estimate of drug-likeness (QED) is 0.731. The highest BCUT2D eigenvalue weighted by atomic mass is 16.1. The highest BCUT2D eigenvalue weighted by Gasteiger charge is 2.05. The molecule has 0 spiro atoms. The smallest absolute Gasteiger partial charge is 0.280 e. The first kappa shape index (κ1) is 14.1. The van der Waals surface area contributed by atoms with E-state index in [0.717, 1.165) is 0 Å². The molecular weight excluding hydrogens is 274 g/mol. The summed E-state index contributed by atoms with van der Waals surface area (Å²) in [7, 11) is 1.89. The third-order valence-electron chi connectivity index (χ3n) is 3.46. The van der Waals surface area contributed by atoms with E-state index in [1.807, 2.05) is 65.0 Å². The zero-order valence-corrected chi connectivity index (χ0v) is 12.4. The maximum absolute atomic E-state index is 12.3. The van der Waals surface area contributed by atoms with Crippen LogP contribution in [0.5, 0.6) is 0 Å². The summed E-state index contributed by atoms with van der Waals surface area (Å²) < 4.78 is 3.82. The van der Waals surface area contributed by atoms with Gasteiger partial charge in [-0.2, -0.15) is 4.99 Å². The van der Waals surface area contributed by atoms with Crippen LogP contribution < -0.4 is 5.62 Å². The molecule has 1 aromatic heterocycles. The summed E-state index contributed by atoms with van der Waals surface area (Å²) >= 11 is 0. The Hall–Kier alpha value is -2.88. The number of carbonyl (C=O) groups excluding carboxylic acids is 1. The van der Waals surface area contributed by atoms with Crippen molar-refractivity contribution in [2.75, 3.05) is 0 Å². The first-order valence-corrected chi connectivity index (χ1v) is 7.14. The molecule has 0 saturated carbocycles. The van der Waals surface area contributed by atoms with Gasteiger partial charge < -0.3 is 9.13 Å². The van der Waals surface area contributed by atoms with Crippen molar-refractivity contribution in [3.63, 3.8) is 0 Å². The maximum Gasteiger partial charge on any atom is 0.280 e. The van der Waals surface area contributed by atoms with Crippen LogP contribution in [0.4, 0.5) is 0 Å². The predicted molar refractivity (Wildman–Crippen MR) is 85.3 cm³/mol. The SMILES string of the molecule is Cn1ccn(Cc2ccccc2)c1=NC(=O)c1ccccc1. The van der Waals surface area contributed by atoms with Crippen LogP contribution in [-0.2, 0) is 13.6 Å². The molecule has 2 aromatic carbocycles. The van der Waals surface area contributed by atoms with Crippen LogP contribution >= 0.6 is 0 Å². The van der Waals surface area contributed by atoms with Crippen molar-refractivity contribution in [3.8, 4) is 0 Å². The van der Waals surface area contributed by atoms with Crippen LogP contribution in [0.15, 0.2) is 78.0 Å². The van der Waals surface area contributed by atoms with E-state index in [0.29, 0.717) is 17.7 Å². The molecule has 4 heteroatoms. The van der Waals surface area contributed by atoms with Crippen LogP contribution in [0.2, 0.25) is 0 Å². The minimum absolute atomic E-state index is 0.232. The van der Waals surface area contributed by atoms with Gasteiger partial charge >= 0.3 is 0 Å². The highest BCUT2D eigenvalue weighted by Crippen LogP contribution is 2.02. The minimum atomic E-state index is -0.232. The number of aromatic nitrogens is 2. The Balaban J connectivity index is 1.96. The van der Waals surface area contributed by atoms with Crippen molar-refractivity contribution in [2.24, 2.45) is 12.0 Å². The number of rotatable bonds is 3. The first-order chi connectivity index (χ1) is 10.7. The van der Waals surface area contributed by atoms with E-state index in [1.165, 1.54) is 5.56 Å². The van der Waals surface area contributed by atoms with Gasteiger partial charge in [-0.05, 0) is 17.7 Å². The normalized spacial score (nSPS) is 11.6. The molecule has 4 nitrogen and oxygen atoms in total. The lowest BCUT2D eigenvalue weighted by Gasteiger charge is -2.04. The Bertz CT molecular complexity index is 830. The molecule has 22 heavy (non-hydrogen) atoms. The average molecular weight is 291 g/mol. The van der Waals surface area contributed by atoms with E-state index in [4.69, 9.17) is 0 Å². The van der Waals surface area contributed by atoms with Crippen molar-refractivity contribution in [1.82, 2.24) is 9.13 Å². The van der Waals surface area contributed by atoms with Crippen LogP contribution in [0.3, 0.4) is 0 Å². The second kappa shape index (κ2) is 6.26. The number of amides is 1. The Morgan fingerprint density at radius 3 is 2.27 bits per heavy atom. The van der Waals surface area contributed by atoms with Gasteiger partial charge in [0.25, 0.3) is 5.91 Å². The summed E-state index contributed by atoms with van der Waals surface area (Å²) in [6.07, 6.45) is 3.84. The van der Waals surface area contributed by atoms with E-state index >= 15 is 0 Å². The Labute approximate surface area is 129 Å². The largest absolute Gasteiger partial charge is 0.320 e. The van der Waals surface area contributed by atoms with Crippen LogP contribution in [0.25, 0.3) is 0 Å². The first-order valence-electron chi connectivity index (χ1n) is 7.14. The zero-order valence-electron chi connectivity index (χ0n) is 12.4. The van der Waals surface area contributed by atoms with Crippen LogP contribution in [0, 0.1) is 0 Å². The molecule has 1 heterocycles. The Morgan fingerprint density at radius 2 is 1.59 bits per heavy atom. The van der Waals surface area contributed by atoms with Gasteiger partial charge in [0.05, 0.1) is 6.54 Å². The molecule has 0 aliphatic rings. The molecule has 0 saturated heterocycles. The van der Waals surface area contributed by atoms with E-state index in [1.54, 1.807) is 12.1 Å². The Kier molecular flexibility index (Phi) is 4.01. The van der Waals surface area contributed by atoms with E-state index in [2.05, 4.69) is 17.1 Å². The molecule has 3 aromatic rings. The Morgan fingerprint density at radius 1 is 0.955 bits per heavy atom. The predicted octanol–water partition coefficient (Wildman–Crippen LogP) is 2.62. The molecule has 0 radical (unpaired) electrons. The molecule has 0 unspecified atom stereocenters. The van der Waals surface area contributed by atoms with Gasteiger partial charge in [0, 0.05) is 25.0 Å². The van der Waals surface area contributed by atoms with Crippen LogP contribution in [-0.4, -0.2) is 15.0 Å². The standard InChI is InChI=1S/C18H17N3O/c1-20-12-13-21(14-15-8-4-2-5-9-15)18(20)19-17(22)16-10-6-3-7-11-16/h2-13H,14H2,1H3. The van der Waals surface area contributed by atoms with E-state index < -0.39 is 0 Å². The fraction of sp³-hybridized carbons (Fsp3) is 0.111. The topological polar surface area (TPSA) is 39.3 Å². The molecule has 0 N–H and O–H groups in total. The molecule has 0 fully saturated rings. The van der Waals surface area contributed by atoms with Crippen molar-refractivity contribution < 1.29 is 4.79 Å². The molecule has 0 bridgehead atoms. The van der Waals surface area contributed by atoms with Gasteiger partial charge in [0.2, 0.25) is 5.62 Å². The molecule has 3 rings (SSSR count). The molecule has 0 atom stereocenters. The van der Waals surface area contributed by atoms with Crippen molar-refractivity contribution in [3.05, 3.63) is 89.8 Å². The molecular formula is C18H17N3O. The summed E-state index contributed by atoms with van der Waals surface area (Å²) in [4.78, 5) is 16.5. The fourth-order valence-corrected chi connectivity index (χ4v) is 2.30. The number of carbonyl (C=O) groups is 1. The third-order valence-corrected chi connectivity index (χ3v) is 3.46. The monoisotopic (exact) mass is 291 g/mol. The van der Waals surface area contributed by atoms with Crippen LogP contribution in [0.1, 0.15) is 15.9 Å². The van der Waals surface area contributed by atoms with Gasteiger partial charge in [-0.1, -0.05) is 48.5 Å². The summed E-state index contributed by atoms with van der Waals surface area (Å²) in [5.41, 5.74) is 2.40. The fourth-order valence-electron chi connectivity index (χ4n) is 2.30. The number of hydrogen-bond acceptors (Lipinski definition) is 1. The van der Waals surface area contributed by atoms with Gasteiger partial charge in [-0.3, -0.25) is 4.79 Å². The number of benzene rings is 2. The van der Waals surface area contributed by atoms with Gasteiger partial charge in [-0.25, -0.2) is 0 Å². The lowest BCUT2D eigenvalue weighted by molar-refractivity contribution is 0.0996. The number of aryl methyl sites for hydroxylation is 1. The second-order valence-corrected chi connectivity index (χ2v) is 5.11.